The van der Waals surface area contributed by atoms with Gasteiger partial charge in [-0.2, -0.15) is 0 Å². The highest BCUT2D eigenvalue weighted by atomic mass is 19.1. The number of carbonyl (C=O) groups is 1. The average Bonchev–Trinajstić information content (AvgIpc) is 2.39. The largest absolute Gasteiger partial charge is 0.329 e. The summed E-state index contributed by atoms with van der Waals surface area (Å²) >= 11 is 0. The zero-order valence-electron chi connectivity index (χ0n) is 10.2. The molecule has 0 radical (unpaired) electrons. The quantitative estimate of drug-likeness (QED) is 0.696. The second-order valence-corrected chi connectivity index (χ2v) is 5.00. The van der Waals surface area contributed by atoms with Gasteiger partial charge in [-0.15, -0.1) is 0 Å². The Morgan fingerprint density at radius 3 is 2.72 bits per heavy atom. The molecule has 2 heterocycles. The molecular weight excluding hydrogens is 229 g/mol. The van der Waals surface area contributed by atoms with Crippen molar-refractivity contribution in [2.45, 2.75) is 37.8 Å². The number of nitrogens with zero attached hydrogens (tertiary/aromatic N) is 1. The van der Waals surface area contributed by atoms with E-state index in [2.05, 4.69) is 6.08 Å². The summed E-state index contributed by atoms with van der Waals surface area (Å²) < 4.78 is 13.0. The molecule has 0 spiro atoms. The van der Waals surface area contributed by atoms with Crippen LogP contribution in [0.15, 0.2) is 36.4 Å². The minimum absolute atomic E-state index is 0.113. The third-order valence-electron chi connectivity index (χ3n) is 3.86. The lowest BCUT2D eigenvalue weighted by molar-refractivity contribution is -0.137. The molecule has 0 unspecified atom stereocenters. The van der Waals surface area contributed by atoms with E-state index in [9.17, 15) is 9.18 Å². The van der Waals surface area contributed by atoms with Gasteiger partial charge >= 0.3 is 0 Å². The minimum atomic E-state index is -0.226. The maximum atomic E-state index is 13.0. The van der Waals surface area contributed by atoms with Crippen molar-refractivity contribution >= 4 is 5.91 Å². The fraction of sp³-hybridized carbons (Fsp3) is 0.400. The van der Waals surface area contributed by atoms with Crippen molar-refractivity contribution in [1.82, 2.24) is 4.90 Å². The number of amides is 1. The van der Waals surface area contributed by atoms with Crippen LogP contribution in [0.1, 0.15) is 37.3 Å². The Labute approximate surface area is 106 Å². The number of rotatable bonds is 1. The van der Waals surface area contributed by atoms with E-state index in [0.717, 1.165) is 24.8 Å². The van der Waals surface area contributed by atoms with Gasteiger partial charge in [0, 0.05) is 6.42 Å². The van der Waals surface area contributed by atoms with Gasteiger partial charge in [-0.25, -0.2) is 4.39 Å². The van der Waals surface area contributed by atoms with Crippen LogP contribution in [0.2, 0.25) is 0 Å². The fourth-order valence-corrected chi connectivity index (χ4v) is 3.02. The number of halogens is 1. The van der Waals surface area contributed by atoms with Gasteiger partial charge in [-0.1, -0.05) is 24.3 Å². The molecule has 1 amide bonds. The van der Waals surface area contributed by atoms with E-state index in [0.29, 0.717) is 6.42 Å². The van der Waals surface area contributed by atoms with Crippen LogP contribution in [0.3, 0.4) is 0 Å². The van der Waals surface area contributed by atoms with Crippen molar-refractivity contribution in [3.63, 3.8) is 0 Å². The molecule has 3 rings (SSSR count). The maximum Gasteiger partial charge on any atom is 0.227 e. The van der Waals surface area contributed by atoms with E-state index in [1.165, 1.54) is 12.1 Å². The lowest BCUT2D eigenvalue weighted by Gasteiger charge is -2.43. The molecule has 2 nitrogen and oxygen atoms in total. The van der Waals surface area contributed by atoms with E-state index < -0.39 is 0 Å². The fourth-order valence-electron chi connectivity index (χ4n) is 3.02. The molecule has 1 saturated heterocycles. The number of hydrogen-bond acceptors (Lipinski definition) is 1. The van der Waals surface area contributed by atoms with Gasteiger partial charge in [0.2, 0.25) is 5.91 Å². The Bertz CT molecular complexity index is 480. The average molecular weight is 245 g/mol. The van der Waals surface area contributed by atoms with Crippen LogP contribution >= 0.6 is 0 Å². The molecule has 0 saturated carbocycles. The molecule has 0 N–H and O–H groups in total. The number of hydrogen-bond donors (Lipinski definition) is 0. The van der Waals surface area contributed by atoms with Crippen molar-refractivity contribution in [3.05, 3.63) is 47.8 Å². The van der Waals surface area contributed by atoms with E-state index in [4.69, 9.17) is 0 Å². The van der Waals surface area contributed by atoms with Crippen LogP contribution in [0.4, 0.5) is 4.39 Å². The second kappa shape index (κ2) is 4.56. The molecule has 1 aromatic carbocycles. The molecule has 1 fully saturated rings. The van der Waals surface area contributed by atoms with Crippen LogP contribution in [-0.4, -0.2) is 16.8 Å². The SMILES string of the molecule is O=C1CC=C[C@H]2CCC[C@@H](c3ccc(F)cc3)N12. The van der Waals surface area contributed by atoms with Gasteiger partial charge in [0.1, 0.15) is 5.82 Å². The van der Waals surface area contributed by atoms with Crippen LogP contribution in [0.5, 0.6) is 0 Å². The molecule has 3 heteroatoms. The summed E-state index contributed by atoms with van der Waals surface area (Å²) in [6.07, 6.45) is 7.73. The van der Waals surface area contributed by atoms with E-state index >= 15 is 0 Å². The summed E-state index contributed by atoms with van der Waals surface area (Å²) in [7, 11) is 0. The lowest BCUT2D eigenvalue weighted by atomic mass is 9.88. The molecular formula is C15H16FNO. The maximum absolute atomic E-state index is 13.0. The normalized spacial score (nSPS) is 27.2. The van der Waals surface area contributed by atoms with Crippen LogP contribution < -0.4 is 0 Å². The van der Waals surface area contributed by atoms with Crippen molar-refractivity contribution in [2.24, 2.45) is 0 Å². The standard InChI is InChI=1S/C15H16FNO/c16-12-9-7-11(8-10-12)14-5-1-3-13-4-2-6-15(18)17(13)14/h2,4,7-10,13-14H,1,3,5-6H2/t13-,14+/m1/s1. The van der Waals surface area contributed by atoms with E-state index in [1.807, 2.05) is 11.0 Å². The van der Waals surface area contributed by atoms with Crippen LogP contribution in [0, 0.1) is 5.82 Å². The molecule has 2 atom stereocenters. The molecule has 2 aliphatic heterocycles. The van der Waals surface area contributed by atoms with Gasteiger partial charge in [0.15, 0.2) is 0 Å². The Hall–Kier alpha value is -1.64. The number of benzene rings is 1. The van der Waals surface area contributed by atoms with Gasteiger partial charge in [0.25, 0.3) is 0 Å². The van der Waals surface area contributed by atoms with Crippen molar-refractivity contribution in [2.75, 3.05) is 0 Å². The lowest BCUT2D eigenvalue weighted by Crippen LogP contribution is -2.46. The molecule has 0 aliphatic carbocycles. The number of piperidine rings is 1. The predicted octanol–water partition coefficient (Wildman–Crippen LogP) is 3.21. The summed E-state index contributed by atoms with van der Waals surface area (Å²) in [5.41, 5.74) is 1.05. The first-order chi connectivity index (χ1) is 8.75. The smallest absolute Gasteiger partial charge is 0.227 e. The molecule has 2 aliphatic rings. The molecule has 0 bridgehead atoms. The van der Waals surface area contributed by atoms with Crippen LogP contribution in [0.25, 0.3) is 0 Å². The Kier molecular flexibility index (Phi) is 2.90. The molecule has 18 heavy (non-hydrogen) atoms. The van der Waals surface area contributed by atoms with Gasteiger partial charge in [-0.3, -0.25) is 4.79 Å². The highest BCUT2D eigenvalue weighted by Crippen LogP contribution is 2.36. The van der Waals surface area contributed by atoms with Crippen molar-refractivity contribution in [3.8, 4) is 0 Å². The van der Waals surface area contributed by atoms with E-state index in [-0.39, 0.29) is 23.8 Å². The predicted molar refractivity (Wildman–Crippen MR) is 67.4 cm³/mol. The number of fused-ring (bicyclic) bond motifs is 1. The number of carbonyl (C=O) groups excluding carboxylic acids is 1. The topological polar surface area (TPSA) is 20.3 Å². The van der Waals surface area contributed by atoms with Gasteiger partial charge in [0.05, 0.1) is 12.1 Å². The summed E-state index contributed by atoms with van der Waals surface area (Å²) in [6.45, 7) is 0. The third kappa shape index (κ3) is 1.94. The zero-order chi connectivity index (χ0) is 12.5. The van der Waals surface area contributed by atoms with Crippen molar-refractivity contribution in [1.29, 1.82) is 0 Å². The monoisotopic (exact) mass is 245 g/mol. The summed E-state index contributed by atoms with van der Waals surface area (Å²) in [5.74, 6) is -0.0347. The summed E-state index contributed by atoms with van der Waals surface area (Å²) in [6, 6.07) is 6.89. The highest BCUT2D eigenvalue weighted by Gasteiger charge is 2.34. The first-order valence-corrected chi connectivity index (χ1v) is 6.49. The Morgan fingerprint density at radius 1 is 1.17 bits per heavy atom. The Morgan fingerprint density at radius 2 is 1.94 bits per heavy atom. The first-order valence-electron chi connectivity index (χ1n) is 6.49. The third-order valence-corrected chi connectivity index (χ3v) is 3.86. The molecule has 1 aromatic rings. The van der Waals surface area contributed by atoms with Crippen molar-refractivity contribution < 1.29 is 9.18 Å². The summed E-state index contributed by atoms with van der Waals surface area (Å²) in [4.78, 5) is 14.1. The van der Waals surface area contributed by atoms with Gasteiger partial charge in [-0.05, 0) is 37.0 Å². The minimum Gasteiger partial charge on any atom is -0.329 e. The van der Waals surface area contributed by atoms with Gasteiger partial charge < -0.3 is 4.90 Å². The summed E-state index contributed by atoms with van der Waals surface area (Å²) in [5, 5.41) is 0. The Balaban J connectivity index is 1.93. The highest BCUT2D eigenvalue weighted by molar-refractivity contribution is 5.80. The first kappa shape index (κ1) is 11.5. The molecule has 0 aromatic heterocycles. The second-order valence-electron chi connectivity index (χ2n) is 5.00. The van der Waals surface area contributed by atoms with Crippen LogP contribution in [-0.2, 0) is 4.79 Å². The van der Waals surface area contributed by atoms with E-state index in [1.54, 1.807) is 12.1 Å². The molecule has 94 valence electrons. The zero-order valence-corrected chi connectivity index (χ0v) is 10.2.